The highest BCUT2D eigenvalue weighted by Gasteiger charge is 2.33. The van der Waals surface area contributed by atoms with Crippen molar-refractivity contribution in [3.05, 3.63) is 28.8 Å². The average molecular weight is 266 g/mol. The van der Waals surface area contributed by atoms with E-state index in [-0.39, 0.29) is 5.69 Å². The van der Waals surface area contributed by atoms with Gasteiger partial charge in [-0.3, -0.25) is 0 Å². The van der Waals surface area contributed by atoms with Crippen LogP contribution in [0.4, 0.5) is 23.7 Å². The topological polar surface area (TPSA) is 53.5 Å². The normalized spacial score (nSPS) is 10.8. The van der Waals surface area contributed by atoms with Crippen molar-refractivity contribution in [2.24, 2.45) is 5.10 Å². The lowest BCUT2D eigenvalue weighted by Crippen LogP contribution is -2.23. The predicted octanol–water partition coefficient (Wildman–Crippen LogP) is 3.10. The zero-order chi connectivity index (χ0) is 13.1. The Balaban J connectivity index is 2.97. The molecule has 92 valence electrons. The van der Waals surface area contributed by atoms with Crippen molar-refractivity contribution in [3.8, 4) is 0 Å². The highest BCUT2D eigenvalue weighted by Crippen LogP contribution is 2.36. The molecule has 1 aromatic rings. The van der Waals surface area contributed by atoms with E-state index in [4.69, 9.17) is 11.6 Å². The zero-order valence-electron chi connectivity index (χ0n) is 8.31. The van der Waals surface area contributed by atoms with E-state index in [1.807, 2.05) is 5.43 Å². The molecule has 1 aromatic carbocycles. The van der Waals surface area contributed by atoms with E-state index in [0.717, 1.165) is 12.1 Å². The molecule has 0 aliphatic carbocycles. The van der Waals surface area contributed by atoms with Crippen molar-refractivity contribution in [2.75, 3.05) is 5.32 Å². The Morgan fingerprint density at radius 2 is 2.06 bits per heavy atom. The Kier molecular flexibility index (Phi) is 3.95. The van der Waals surface area contributed by atoms with Gasteiger partial charge < -0.3 is 5.32 Å². The number of carbonyl (C=O) groups is 1. The second kappa shape index (κ2) is 5.05. The molecule has 0 heterocycles. The first kappa shape index (κ1) is 13.3. The molecule has 4 nitrogen and oxygen atoms in total. The Morgan fingerprint density at radius 3 is 2.59 bits per heavy atom. The first-order valence-electron chi connectivity index (χ1n) is 4.24. The molecule has 0 aliphatic heterocycles. The Bertz CT molecular complexity index is 448. The van der Waals surface area contributed by atoms with Gasteiger partial charge in [-0.1, -0.05) is 11.6 Å². The minimum Gasteiger partial charge on any atom is -0.307 e. The van der Waals surface area contributed by atoms with E-state index in [2.05, 4.69) is 17.1 Å². The molecule has 0 aromatic heterocycles. The number of nitrogens with one attached hydrogen (secondary N) is 2. The molecule has 0 spiro atoms. The molecule has 0 atom stereocenters. The van der Waals surface area contributed by atoms with E-state index in [0.29, 0.717) is 0 Å². The highest BCUT2D eigenvalue weighted by molar-refractivity contribution is 6.31. The van der Waals surface area contributed by atoms with Crippen LogP contribution in [-0.2, 0) is 6.18 Å². The number of alkyl halides is 3. The number of benzene rings is 1. The van der Waals surface area contributed by atoms with Gasteiger partial charge in [0.25, 0.3) is 0 Å². The number of hydrazone groups is 1. The number of urea groups is 1. The van der Waals surface area contributed by atoms with Gasteiger partial charge >= 0.3 is 12.2 Å². The lowest BCUT2D eigenvalue weighted by molar-refractivity contribution is -0.137. The second-order valence-electron chi connectivity index (χ2n) is 2.92. The molecular formula is C9H7ClF3N3O. The van der Waals surface area contributed by atoms with Gasteiger partial charge in [0.2, 0.25) is 0 Å². The van der Waals surface area contributed by atoms with Gasteiger partial charge in [0, 0.05) is 12.4 Å². The van der Waals surface area contributed by atoms with E-state index in [1.54, 1.807) is 0 Å². The molecule has 0 radical (unpaired) electrons. The van der Waals surface area contributed by atoms with Gasteiger partial charge in [0.05, 0.1) is 10.6 Å². The molecule has 0 unspecified atom stereocenters. The van der Waals surface area contributed by atoms with Gasteiger partial charge in [0.15, 0.2) is 0 Å². The van der Waals surface area contributed by atoms with Crippen LogP contribution in [0.3, 0.4) is 0 Å². The fourth-order valence-electron chi connectivity index (χ4n) is 1.05. The van der Waals surface area contributed by atoms with E-state index in [1.165, 1.54) is 6.07 Å². The van der Waals surface area contributed by atoms with Crippen LogP contribution < -0.4 is 10.7 Å². The fraction of sp³-hybridized carbons (Fsp3) is 0.111. The van der Waals surface area contributed by atoms with Gasteiger partial charge in [-0.05, 0) is 18.2 Å². The van der Waals surface area contributed by atoms with Crippen molar-refractivity contribution < 1.29 is 18.0 Å². The minimum absolute atomic E-state index is 0.0529. The number of hydrogen-bond acceptors (Lipinski definition) is 2. The number of rotatable bonds is 2. The first-order valence-corrected chi connectivity index (χ1v) is 4.62. The molecule has 17 heavy (non-hydrogen) atoms. The lowest BCUT2D eigenvalue weighted by atomic mass is 10.2. The summed E-state index contributed by atoms with van der Waals surface area (Å²) in [6.07, 6.45) is -4.58. The summed E-state index contributed by atoms with van der Waals surface area (Å²) < 4.78 is 37.4. The van der Waals surface area contributed by atoms with Gasteiger partial charge in [-0.25, -0.2) is 10.2 Å². The van der Waals surface area contributed by atoms with Gasteiger partial charge in [-0.2, -0.15) is 18.3 Å². The Labute approximate surface area is 99.5 Å². The molecule has 1 rings (SSSR count). The van der Waals surface area contributed by atoms with Crippen LogP contribution in [0.5, 0.6) is 0 Å². The molecule has 0 bridgehead atoms. The third-order valence-electron chi connectivity index (χ3n) is 1.71. The minimum atomic E-state index is -4.58. The summed E-state index contributed by atoms with van der Waals surface area (Å²) in [5, 5.41) is 4.76. The van der Waals surface area contributed by atoms with Crippen molar-refractivity contribution in [1.29, 1.82) is 0 Å². The van der Waals surface area contributed by atoms with Crippen LogP contribution in [0.15, 0.2) is 23.3 Å². The van der Waals surface area contributed by atoms with Crippen LogP contribution in [0.25, 0.3) is 0 Å². The van der Waals surface area contributed by atoms with Crippen molar-refractivity contribution in [3.63, 3.8) is 0 Å². The highest BCUT2D eigenvalue weighted by atomic mass is 35.5. The number of nitrogens with zero attached hydrogens (tertiary/aromatic N) is 1. The maximum atomic E-state index is 12.5. The van der Waals surface area contributed by atoms with Crippen molar-refractivity contribution in [2.45, 2.75) is 6.18 Å². The Morgan fingerprint density at radius 1 is 1.41 bits per heavy atom. The molecule has 0 fully saturated rings. The summed E-state index contributed by atoms with van der Waals surface area (Å²) in [6, 6.07) is 2.21. The molecule has 0 aliphatic rings. The SMILES string of the molecule is C=NNC(=O)Nc1ccc(Cl)c(C(F)(F)F)c1. The number of amides is 2. The Hall–Kier alpha value is -1.76. The molecule has 2 amide bonds. The number of anilines is 1. The molecule has 2 N–H and O–H groups in total. The summed E-state index contributed by atoms with van der Waals surface area (Å²) in [5.74, 6) is 0. The molecule has 0 saturated heterocycles. The van der Waals surface area contributed by atoms with Gasteiger partial charge in [-0.15, -0.1) is 0 Å². The van der Waals surface area contributed by atoms with Crippen LogP contribution in [0, 0.1) is 0 Å². The number of hydrogen-bond donors (Lipinski definition) is 2. The quantitative estimate of drug-likeness (QED) is 0.626. The first-order chi connectivity index (χ1) is 7.84. The molecule has 8 heteroatoms. The lowest BCUT2D eigenvalue weighted by Gasteiger charge is -2.11. The second-order valence-corrected chi connectivity index (χ2v) is 3.32. The number of halogens is 4. The summed E-state index contributed by atoms with van der Waals surface area (Å²) in [6.45, 7) is 2.99. The van der Waals surface area contributed by atoms with E-state index >= 15 is 0 Å². The van der Waals surface area contributed by atoms with Crippen LogP contribution in [0.2, 0.25) is 5.02 Å². The predicted molar refractivity (Wildman–Crippen MR) is 58.2 cm³/mol. The summed E-state index contributed by atoms with van der Waals surface area (Å²) in [7, 11) is 0. The number of carbonyl (C=O) groups excluding carboxylic acids is 1. The largest absolute Gasteiger partial charge is 0.417 e. The molecule has 0 saturated carbocycles. The third kappa shape index (κ3) is 3.63. The maximum Gasteiger partial charge on any atom is 0.417 e. The van der Waals surface area contributed by atoms with E-state index in [9.17, 15) is 18.0 Å². The monoisotopic (exact) mass is 265 g/mol. The average Bonchev–Trinajstić information content (AvgIpc) is 2.19. The summed E-state index contributed by atoms with van der Waals surface area (Å²) >= 11 is 5.40. The fourth-order valence-corrected chi connectivity index (χ4v) is 1.28. The smallest absolute Gasteiger partial charge is 0.307 e. The van der Waals surface area contributed by atoms with Crippen molar-refractivity contribution in [1.82, 2.24) is 5.43 Å². The van der Waals surface area contributed by atoms with Crippen LogP contribution in [-0.4, -0.2) is 12.7 Å². The zero-order valence-corrected chi connectivity index (χ0v) is 9.06. The maximum absolute atomic E-state index is 12.5. The summed E-state index contributed by atoms with van der Waals surface area (Å²) in [5.41, 5.74) is 0.839. The van der Waals surface area contributed by atoms with Crippen LogP contribution in [0.1, 0.15) is 5.56 Å². The van der Waals surface area contributed by atoms with Gasteiger partial charge in [0.1, 0.15) is 0 Å². The molecular weight excluding hydrogens is 259 g/mol. The third-order valence-corrected chi connectivity index (χ3v) is 2.04. The standard InChI is InChI=1S/C9H7ClF3N3O/c1-14-16-8(17)15-5-2-3-7(10)6(4-5)9(11,12)13/h2-4H,1H2,(H2,15,16,17). The van der Waals surface area contributed by atoms with Crippen LogP contribution >= 0.6 is 11.6 Å². The summed E-state index contributed by atoms with van der Waals surface area (Å²) in [4.78, 5) is 11.0. The van der Waals surface area contributed by atoms with E-state index < -0.39 is 22.8 Å². The van der Waals surface area contributed by atoms with Crippen molar-refractivity contribution >= 4 is 30.0 Å².